The molecule has 0 aliphatic rings. The van der Waals surface area contributed by atoms with E-state index in [0.29, 0.717) is 5.75 Å². The maximum atomic E-state index is 13.1. The van der Waals surface area contributed by atoms with Crippen molar-refractivity contribution in [3.63, 3.8) is 0 Å². The lowest BCUT2D eigenvalue weighted by Crippen LogP contribution is -2.18. The van der Waals surface area contributed by atoms with Gasteiger partial charge in [-0.05, 0) is 28.5 Å². The molecular weight excluding hydrogens is 395 g/mol. The van der Waals surface area contributed by atoms with Crippen molar-refractivity contribution in [1.29, 1.82) is 0 Å². The molecule has 1 amide bonds. The van der Waals surface area contributed by atoms with Crippen LogP contribution in [0.25, 0.3) is 10.8 Å². The van der Waals surface area contributed by atoms with Gasteiger partial charge in [0.2, 0.25) is 5.91 Å². The fraction of sp³-hybridized carbons (Fsp3) is 0.150. The molecule has 27 heavy (non-hydrogen) atoms. The predicted molar refractivity (Wildman–Crippen MR) is 105 cm³/mol. The molecule has 3 aromatic carbocycles. The van der Waals surface area contributed by atoms with Crippen LogP contribution in [0.2, 0.25) is 5.02 Å². The molecule has 2 nitrogen and oxygen atoms in total. The van der Waals surface area contributed by atoms with Crippen LogP contribution in [0.1, 0.15) is 11.1 Å². The Bertz CT molecular complexity index is 975. The van der Waals surface area contributed by atoms with Gasteiger partial charge in [-0.2, -0.15) is 13.2 Å². The van der Waals surface area contributed by atoms with Crippen molar-refractivity contribution in [2.45, 2.75) is 11.9 Å². The van der Waals surface area contributed by atoms with Crippen molar-refractivity contribution >= 4 is 45.7 Å². The Hall–Kier alpha value is -2.18. The van der Waals surface area contributed by atoms with E-state index >= 15 is 0 Å². The van der Waals surface area contributed by atoms with Crippen LogP contribution in [0.15, 0.2) is 60.7 Å². The van der Waals surface area contributed by atoms with Crippen LogP contribution in [0.4, 0.5) is 18.9 Å². The lowest BCUT2D eigenvalue weighted by atomic mass is 10.1. The number of para-hydroxylation sites is 1. The molecule has 3 aromatic rings. The summed E-state index contributed by atoms with van der Waals surface area (Å²) in [6.07, 6.45) is -4.59. The SMILES string of the molecule is O=C(CSCc1ccc2ccccc2c1)Nc1c(Cl)cccc1C(F)(F)F. The summed E-state index contributed by atoms with van der Waals surface area (Å²) in [4.78, 5) is 12.1. The first-order valence-corrected chi connectivity index (χ1v) is 9.59. The first-order valence-electron chi connectivity index (χ1n) is 8.05. The van der Waals surface area contributed by atoms with Gasteiger partial charge in [-0.25, -0.2) is 0 Å². The van der Waals surface area contributed by atoms with Crippen LogP contribution in [0, 0.1) is 0 Å². The summed E-state index contributed by atoms with van der Waals surface area (Å²) in [5, 5.41) is 4.38. The van der Waals surface area contributed by atoms with Crippen LogP contribution < -0.4 is 5.32 Å². The molecule has 7 heteroatoms. The number of rotatable bonds is 5. The lowest BCUT2D eigenvalue weighted by molar-refractivity contribution is -0.137. The normalized spacial score (nSPS) is 11.6. The molecule has 0 saturated heterocycles. The molecule has 0 saturated carbocycles. The highest BCUT2D eigenvalue weighted by Gasteiger charge is 2.34. The smallest absolute Gasteiger partial charge is 0.324 e. The molecule has 0 spiro atoms. The number of hydrogen-bond acceptors (Lipinski definition) is 2. The molecule has 3 rings (SSSR count). The third-order valence-electron chi connectivity index (χ3n) is 3.90. The fourth-order valence-electron chi connectivity index (χ4n) is 2.65. The standard InChI is InChI=1S/C20H15ClF3NOS/c21-17-7-3-6-16(20(22,23)24)19(17)25-18(26)12-27-11-13-8-9-14-4-1-2-5-15(14)10-13/h1-10H,11-12H2,(H,25,26). The van der Waals surface area contributed by atoms with Crippen LogP contribution in [-0.4, -0.2) is 11.7 Å². The van der Waals surface area contributed by atoms with Gasteiger partial charge in [0.05, 0.1) is 22.0 Å². The number of fused-ring (bicyclic) bond motifs is 1. The Morgan fingerprint density at radius 2 is 1.74 bits per heavy atom. The van der Waals surface area contributed by atoms with Crippen molar-refractivity contribution in [3.8, 4) is 0 Å². The summed E-state index contributed by atoms with van der Waals surface area (Å²) in [5.74, 6) is 0.0711. The Balaban J connectivity index is 1.62. The molecule has 0 fully saturated rings. The minimum absolute atomic E-state index is 0.0232. The molecule has 0 unspecified atom stereocenters. The highest BCUT2D eigenvalue weighted by molar-refractivity contribution is 7.99. The topological polar surface area (TPSA) is 29.1 Å². The number of halogens is 4. The summed E-state index contributed by atoms with van der Waals surface area (Å²) in [6.45, 7) is 0. The first kappa shape index (κ1) is 19.6. The minimum atomic E-state index is -4.59. The van der Waals surface area contributed by atoms with E-state index in [1.165, 1.54) is 23.9 Å². The number of anilines is 1. The van der Waals surface area contributed by atoms with Gasteiger partial charge in [-0.1, -0.05) is 60.1 Å². The minimum Gasteiger partial charge on any atom is -0.324 e. The van der Waals surface area contributed by atoms with E-state index in [2.05, 4.69) is 5.32 Å². The Labute approximate surface area is 163 Å². The van der Waals surface area contributed by atoms with E-state index < -0.39 is 23.3 Å². The van der Waals surface area contributed by atoms with E-state index in [9.17, 15) is 18.0 Å². The fourth-order valence-corrected chi connectivity index (χ4v) is 3.65. The van der Waals surface area contributed by atoms with E-state index in [4.69, 9.17) is 11.6 Å². The number of hydrogen-bond donors (Lipinski definition) is 1. The summed E-state index contributed by atoms with van der Waals surface area (Å²) in [5.41, 5.74) is -0.314. The predicted octanol–water partition coefficient (Wildman–Crippen LogP) is 6.38. The number of alkyl halides is 3. The van der Waals surface area contributed by atoms with E-state index in [-0.39, 0.29) is 10.8 Å². The third kappa shape index (κ3) is 4.96. The van der Waals surface area contributed by atoms with Crippen LogP contribution in [0.3, 0.4) is 0 Å². The summed E-state index contributed by atoms with van der Waals surface area (Å²) >= 11 is 7.17. The number of nitrogens with one attached hydrogen (secondary N) is 1. The molecule has 0 aliphatic heterocycles. The molecular formula is C20H15ClF3NOS. The number of amides is 1. The van der Waals surface area contributed by atoms with Gasteiger partial charge < -0.3 is 5.32 Å². The maximum absolute atomic E-state index is 13.1. The average molecular weight is 410 g/mol. The van der Waals surface area contributed by atoms with Crippen molar-refractivity contribution in [2.24, 2.45) is 0 Å². The van der Waals surface area contributed by atoms with Gasteiger partial charge in [0.25, 0.3) is 0 Å². The van der Waals surface area contributed by atoms with Gasteiger partial charge >= 0.3 is 6.18 Å². The zero-order valence-electron chi connectivity index (χ0n) is 14.0. The Morgan fingerprint density at radius 1 is 1.00 bits per heavy atom. The molecule has 0 aliphatic carbocycles. The van der Waals surface area contributed by atoms with Gasteiger partial charge in [0, 0.05) is 5.75 Å². The van der Waals surface area contributed by atoms with Crippen molar-refractivity contribution in [2.75, 3.05) is 11.1 Å². The van der Waals surface area contributed by atoms with Gasteiger partial charge in [0.1, 0.15) is 0 Å². The molecule has 0 aromatic heterocycles. The molecule has 0 atom stereocenters. The molecule has 0 bridgehead atoms. The average Bonchev–Trinajstić information content (AvgIpc) is 2.62. The lowest BCUT2D eigenvalue weighted by Gasteiger charge is -2.15. The van der Waals surface area contributed by atoms with Crippen LogP contribution in [-0.2, 0) is 16.7 Å². The Morgan fingerprint density at radius 3 is 2.48 bits per heavy atom. The largest absolute Gasteiger partial charge is 0.418 e. The molecule has 1 N–H and O–H groups in total. The van der Waals surface area contributed by atoms with Crippen molar-refractivity contribution in [1.82, 2.24) is 0 Å². The zero-order chi connectivity index (χ0) is 19.4. The number of carbonyl (C=O) groups is 1. The van der Waals surface area contributed by atoms with E-state index in [0.717, 1.165) is 22.4 Å². The van der Waals surface area contributed by atoms with Gasteiger partial charge in [-0.15, -0.1) is 11.8 Å². The zero-order valence-corrected chi connectivity index (χ0v) is 15.6. The van der Waals surface area contributed by atoms with E-state index in [1.807, 2.05) is 42.5 Å². The number of benzene rings is 3. The summed E-state index contributed by atoms with van der Waals surface area (Å²) < 4.78 is 39.2. The van der Waals surface area contributed by atoms with Crippen molar-refractivity contribution < 1.29 is 18.0 Å². The quantitative estimate of drug-likeness (QED) is 0.529. The summed E-state index contributed by atoms with van der Waals surface area (Å²) in [6, 6.07) is 17.4. The van der Waals surface area contributed by atoms with E-state index in [1.54, 1.807) is 0 Å². The number of thioether (sulfide) groups is 1. The van der Waals surface area contributed by atoms with Gasteiger partial charge in [-0.3, -0.25) is 4.79 Å². The van der Waals surface area contributed by atoms with Crippen LogP contribution in [0.5, 0.6) is 0 Å². The second-order valence-electron chi connectivity index (χ2n) is 5.88. The maximum Gasteiger partial charge on any atom is 0.418 e. The first-order chi connectivity index (χ1) is 12.8. The highest BCUT2D eigenvalue weighted by atomic mass is 35.5. The molecule has 0 radical (unpaired) electrons. The second kappa shape index (κ2) is 8.23. The molecule has 140 valence electrons. The second-order valence-corrected chi connectivity index (χ2v) is 7.28. The monoisotopic (exact) mass is 409 g/mol. The summed E-state index contributed by atoms with van der Waals surface area (Å²) in [7, 11) is 0. The van der Waals surface area contributed by atoms with Gasteiger partial charge in [0.15, 0.2) is 0 Å². The Kier molecular flexibility index (Phi) is 5.97. The third-order valence-corrected chi connectivity index (χ3v) is 5.22. The molecule has 0 heterocycles. The van der Waals surface area contributed by atoms with Crippen molar-refractivity contribution in [3.05, 3.63) is 76.8 Å². The highest BCUT2D eigenvalue weighted by Crippen LogP contribution is 2.38. The van der Waals surface area contributed by atoms with Crippen LogP contribution >= 0.6 is 23.4 Å². The number of carbonyl (C=O) groups excluding carboxylic acids is 1.